The van der Waals surface area contributed by atoms with E-state index in [9.17, 15) is 17.6 Å². The van der Waals surface area contributed by atoms with Crippen molar-refractivity contribution >= 4 is 16.0 Å². The van der Waals surface area contributed by atoms with Crippen LogP contribution in [0.25, 0.3) is 0 Å². The summed E-state index contributed by atoms with van der Waals surface area (Å²) in [4.78, 5) is 10.7. The van der Waals surface area contributed by atoms with Gasteiger partial charge in [0.1, 0.15) is 11.6 Å². The summed E-state index contributed by atoms with van der Waals surface area (Å²) in [6.07, 6.45) is 6.69. The Labute approximate surface area is 188 Å². The zero-order valence-corrected chi connectivity index (χ0v) is 18.8. The van der Waals surface area contributed by atoms with Crippen molar-refractivity contribution in [1.29, 1.82) is 0 Å². The lowest BCUT2D eigenvalue weighted by Gasteiger charge is -2.28. The molecule has 1 N–H and O–H groups in total. The molecular weight excluding hydrogens is 433 g/mol. The van der Waals surface area contributed by atoms with Crippen LogP contribution in [-0.4, -0.2) is 37.5 Å². The van der Waals surface area contributed by atoms with E-state index in [2.05, 4.69) is 0 Å². The number of carboxylic acids is 1. The predicted octanol–water partition coefficient (Wildman–Crippen LogP) is 4.79. The van der Waals surface area contributed by atoms with Gasteiger partial charge in [-0.3, -0.25) is 4.79 Å². The number of methoxy groups -OCH3 is 1. The maximum atomic E-state index is 13.4. The van der Waals surface area contributed by atoms with E-state index < -0.39 is 21.8 Å². The summed E-state index contributed by atoms with van der Waals surface area (Å²) in [7, 11) is -2.25. The molecule has 1 fully saturated rings. The van der Waals surface area contributed by atoms with E-state index in [0.29, 0.717) is 38.0 Å². The first kappa shape index (κ1) is 23.9. The standard InChI is InChI=1S/C24H28FNO5S/c1-31-21-9-6-8-19(17-21)24-18(7-4-2-3-5-10-23(27)28)15-16-26(24)32(29,30)22-13-11-20(25)12-14-22/h2,4,6,8-9,11-14,17-18,24H,3,5,7,10,15-16H2,1H3,(H,27,28)/b4-2-. The first-order valence-electron chi connectivity index (χ1n) is 10.6. The Balaban J connectivity index is 1.85. The van der Waals surface area contributed by atoms with Crippen LogP contribution in [0.3, 0.4) is 0 Å². The van der Waals surface area contributed by atoms with Crippen LogP contribution in [-0.2, 0) is 14.8 Å². The van der Waals surface area contributed by atoms with E-state index in [1.54, 1.807) is 7.11 Å². The molecule has 2 unspecified atom stereocenters. The van der Waals surface area contributed by atoms with Crippen LogP contribution in [0.1, 0.15) is 43.7 Å². The van der Waals surface area contributed by atoms with Crippen molar-refractivity contribution in [1.82, 2.24) is 4.31 Å². The molecular formula is C24H28FNO5S. The summed E-state index contributed by atoms with van der Waals surface area (Å²) < 4.78 is 47.0. The van der Waals surface area contributed by atoms with Gasteiger partial charge in [-0.05, 0) is 73.6 Å². The zero-order valence-electron chi connectivity index (χ0n) is 18.0. The summed E-state index contributed by atoms with van der Waals surface area (Å²) in [5.74, 6) is -0.598. The fourth-order valence-electron chi connectivity index (χ4n) is 4.11. The van der Waals surface area contributed by atoms with Crippen LogP contribution in [0.15, 0.2) is 65.6 Å². The SMILES string of the molecule is COc1cccc(C2C(C/C=C\CCCC(=O)O)CCN2S(=O)(=O)c2ccc(F)cc2)c1. The Bertz CT molecular complexity index is 1050. The van der Waals surface area contributed by atoms with E-state index in [4.69, 9.17) is 9.84 Å². The molecule has 0 amide bonds. The normalized spacial score (nSPS) is 19.4. The Morgan fingerprint density at radius 2 is 1.97 bits per heavy atom. The van der Waals surface area contributed by atoms with E-state index in [1.807, 2.05) is 36.4 Å². The van der Waals surface area contributed by atoms with Crippen LogP contribution < -0.4 is 4.74 Å². The second-order valence-electron chi connectivity index (χ2n) is 7.83. The van der Waals surface area contributed by atoms with Gasteiger partial charge < -0.3 is 9.84 Å². The quantitative estimate of drug-likeness (QED) is 0.406. The Morgan fingerprint density at radius 3 is 2.66 bits per heavy atom. The van der Waals surface area contributed by atoms with Crippen molar-refractivity contribution < 1.29 is 27.4 Å². The van der Waals surface area contributed by atoms with Gasteiger partial charge in [-0.2, -0.15) is 4.31 Å². The molecule has 0 aromatic heterocycles. The molecule has 0 aliphatic carbocycles. The van der Waals surface area contributed by atoms with E-state index >= 15 is 0 Å². The van der Waals surface area contributed by atoms with Gasteiger partial charge in [0.15, 0.2) is 0 Å². The zero-order chi connectivity index (χ0) is 23.1. The molecule has 0 bridgehead atoms. The molecule has 1 heterocycles. The molecule has 1 saturated heterocycles. The average Bonchev–Trinajstić information content (AvgIpc) is 3.21. The van der Waals surface area contributed by atoms with E-state index in [1.165, 1.54) is 16.4 Å². The number of nitrogens with zero attached hydrogens (tertiary/aromatic N) is 1. The highest BCUT2D eigenvalue weighted by atomic mass is 32.2. The van der Waals surface area contributed by atoms with Crippen molar-refractivity contribution in [3.05, 3.63) is 72.1 Å². The number of sulfonamides is 1. The summed E-state index contributed by atoms with van der Waals surface area (Å²) in [6, 6.07) is 11.9. The van der Waals surface area contributed by atoms with Crippen molar-refractivity contribution in [3.63, 3.8) is 0 Å². The highest BCUT2D eigenvalue weighted by Gasteiger charge is 2.42. The Kier molecular flexibility index (Phi) is 8.04. The molecule has 8 heteroatoms. The van der Waals surface area contributed by atoms with Gasteiger partial charge in [0.2, 0.25) is 10.0 Å². The highest BCUT2D eigenvalue weighted by Crippen LogP contribution is 2.43. The molecule has 1 aliphatic rings. The summed E-state index contributed by atoms with van der Waals surface area (Å²) in [5, 5.41) is 8.74. The Hall–Kier alpha value is -2.71. The molecule has 2 aromatic rings. The smallest absolute Gasteiger partial charge is 0.303 e. The molecule has 32 heavy (non-hydrogen) atoms. The maximum Gasteiger partial charge on any atom is 0.303 e. The number of hydrogen-bond donors (Lipinski definition) is 1. The van der Waals surface area contributed by atoms with Crippen molar-refractivity contribution in [2.75, 3.05) is 13.7 Å². The third-order valence-electron chi connectivity index (χ3n) is 5.70. The first-order valence-corrected chi connectivity index (χ1v) is 12.0. The molecule has 2 atom stereocenters. The molecule has 3 rings (SSSR count). The van der Waals surface area contributed by atoms with Gasteiger partial charge in [-0.15, -0.1) is 0 Å². The number of carbonyl (C=O) groups is 1. The minimum Gasteiger partial charge on any atom is -0.497 e. The lowest BCUT2D eigenvalue weighted by molar-refractivity contribution is -0.137. The van der Waals surface area contributed by atoms with Crippen molar-refractivity contribution in [3.8, 4) is 5.75 Å². The van der Waals surface area contributed by atoms with E-state index in [0.717, 1.165) is 17.7 Å². The number of halogens is 1. The summed E-state index contributed by atoms with van der Waals surface area (Å²) in [6.45, 7) is 0.360. The van der Waals surface area contributed by atoms with Crippen LogP contribution in [0.5, 0.6) is 5.75 Å². The molecule has 172 valence electrons. The third kappa shape index (κ3) is 5.75. The van der Waals surface area contributed by atoms with Gasteiger partial charge >= 0.3 is 5.97 Å². The van der Waals surface area contributed by atoms with Crippen molar-refractivity contribution in [2.45, 2.75) is 43.0 Å². The van der Waals surface area contributed by atoms with Gasteiger partial charge in [0, 0.05) is 13.0 Å². The Morgan fingerprint density at radius 1 is 1.22 bits per heavy atom. The number of benzene rings is 2. The van der Waals surface area contributed by atoms with Gasteiger partial charge in [0.05, 0.1) is 18.0 Å². The number of ether oxygens (including phenoxy) is 1. The first-order chi connectivity index (χ1) is 15.3. The minimum absolute atomic E-state index is 0.0491. The topological polar surface area (TPSA) is 83.9 Å². The molecule has 0 radical (unpaired) electrons. The molecule has 6 nitrogen and oxygen atoms in total. The summed E-state index contributed by atoms with van der Waals surface area (Å²) >= 11 is 0. The largest absolute Gasteiger partial charge is 0.497 e. The second kappa shape index (κ2) is 10.7. The molecule has 1 aliphatic heterocycles. The number of hydrogen-bond acceptors (Lipinski definition) is 4. The summed E-state index contributed by atoms with van der Waals surface area (Å²) in [5.41, 5.74) is 0.844. The van der Waals surface area contributed by atoms with Crippen LogP contribution in [0.2, 0.25) is 0 Å². The fourth-order valence-corrected chi connectivity index (χ4v) is 5.80. The van der Waals surface area contributed by atoms with E-state index in [-0.39, 0.29) is 23.3 Å². The highest BCUT2D eigenvalue weighted by molar-refractivity contribution is 7.89. The third-order valence-corrected chi connectivity index (χ3v) is 7.59. The minimum atomic E-state index is -3.82. The average molecular weight is 462 g/mol. The fraction of sp³-hybridized carbons (Fsp3) is 0.375. The maximum absolute atomic E-state index is 13.4. The number of unbranched alkanes of at least 4 members (excludes halogenated alkanes) is 1. The lowest BCUT2D eigenvalue weighted by Crippen LogP contribution is -2.32. The molecule has 0 spiro atoms. The molecule has 0 saturated carbocycles. The van der Waals surface area contributed by atoms with Gasteiger partial charge in [0.25, 0.3) is 0 Å². The van der Waals surface area contributed by atoms with Crippen LogP contribution in [0, 0.1) is 11.7 Å². The van der Waals surface area contributed by atoms with Crippen LogP contribution in [0.4, 0.5) is 4.39 Å². The predicted molar refractivity (Wildman–Crippen MR) is 119 cm³/mol. The number of rotatable bonds is 10. The number of carboxylic acid groups (broad SMARTS) is 1. The van der Waals surface area contributed by atoms with Crippen LogP contribution >= 0.6 is 0 Å². The lowest BCUT2D eigenvalue weighted by atomic mass is 9.91. The number of allylic oxidation sites excluding steroid dienone is 2. The number of aliphatic carboxylic acids is 1. The van der Waals surface area contributed by atoms with Gasteiger partial charge in [-0.25, -0.2) is 12.8 Å². The molecule has 2 aromatic carbocycles. The van der Waals surface area contributed by atoms with Crippen molar-refractivity contribution in [2.24, 2.45) is 5.92 Å². The second-order valence-corrected chi connectivity index (χ2v) is 9.72. The monoisotopic (exact) mass is 461 g/mol. The van der Waals surface area contributed by atoms with Gasteiger partial charge in [-0.1, -0.05) is 24.3 Å².